The summed E-state index contributed by atoms with van der Waals surface area (Å²) in [5.41, 5.74) is 0. The van der Waals surface area contributed by atoms with E-state index in [0.717, 1.165) is 30.9 Å². The van der Waals surface area contributed by atoms with E-state index in [-0.39, 0.29) is 24.0 Å². The molecule has 0 aromatic carbocycles. The second kappa shape index (κ2) is 9.58. The molecule has 3 rings (SSSR count). The van der Waals surface area contributed by atoms with Gasteiger partial charge in [-0.15, -0.1) is 0 Å². The lowest BCUT2D eigenvalue weighted by Crippen LogP contribution is -2.50. The third-order valence-corrected chi connectivity index (χ3v) is 9.77. The predicted octanol–water partition coefficient (Wildman–Crippen LogP) is 6.57. The van der Waals surface area contributed by atoms with E-state index >= 15 is 0 Å². The molecular weight excluding hydrogens is 390 g/mol. The number of rotatable bonds is 4. The molecule has 2 aliphatic carbocycles. The van der Waals surface area contributed by atoms with Crippen LogP contribution in [0.3, 0.4) is 0 Å². The highest BCUT2D eigenvalue weighted by Crippen LogP contribution is 2.38. The summed E-state index contributed by atoms with van der Waals surface area (Å²) in [5.74, 6) is 2.23. The van der Waals surface area contributed by atoms with Gasteiger partial charge < -0.3 is 4.74 Å². The molecule has 0 radical (unpaired) electrons. The number of hydrogen-bond acceptors (Lipinski definition) is 3. The minimum Gasteiger partial charge on any atom is -0.446 e. The second-order valence-electron chi connectivity index (χ2n) is 11.5. The van der Waals surface area contributed by atoms with Crippen LogP contribution in [0.5, 0.6) is 0 Å². The summed E-state index contributed by atoms with van der Waals surface area (Å²) in [5, 5.41) is 0.893. The first-order valence-corrected chi connectivity index (χ1v) is 15.8. The molecule has 2 fully saturated rings. The van der Waals surface area contributed by atoms with Crippen LogP contribution in [0.25, 0.3) is 0 Å². The average molecular weight is 434 g/mol. The Labute approximate surface area is 184 Å². The first kappa shape index (κ1) is 23.6. The lowest BCUT2D eigenvalue weighted by Gasteiger charge is -2.42. The Balaban J connectivity index is 1.85. The van der Waals surface area contributed by atoms with Crippen molar-refractivity contribution in [1.29, 1.82) is 0 Å². The Morgan fingerprint density at radius 2 is 1.77 bits per heavy atom. The zero-order valence-electron chi connectivity index (χ0n) is 20.1. The number of amides is 1. The average Bonchev–Trinajstić information content (AvgIpc) is 2.67. The number of allylic oxidation sites excluding steroid dienone is 1. The van der Waals surface area contributed by atoms with Gasteiger partial charge in [0.25, 0.3) is 0 Å². The number of ketones is 1. The molecule has 1 heterocycles. The number of hydrogen-bond donors (Lipinski definition) is 0. The van der Waals surface area contributed by atoms with Gasteiger partial charge in [0.1, 0.15) is 6.10 Å². The van der Waals surface area contributed by atoms with E-state index in [1.165, 1.54) is 25.7 Å². The van der Waals surface area contributed by atoms with Crippen LogP contribution in [0.4, 0.5) is 4.79 Å². The Morgan fingerprint density at radius 1 is 1.10 bits per heavy atom. The van der Waals surface area contributed by atoms with Crippen molar-refractivity contribution in [2.24, 2.45) is 23.7 Å². The highest BCUT2D eigenvalue weighted by Gasteiger charge is 2.42. The van der Waals surface area contributed by atoms with Gasteiger partial charge >= 0.3 is 6.09 Å². The van der Waals surface area contributed by atoms with Crippen molar-refractivity contribution in [3.8, 4) is 0 Å². The molecule has 4 atom stereocenters. The van der Waals surface area contributed by atoms with Crippen LogP contribution in [0.15, 0.2) is 11.4 Å². The highest BCUT2D eigenvalue weighted by molar-refractivity contribution is 6.87. The van der Waals surface area contributed by atoms with Crippen molar-refractivity contribution in [2.45, 2.75) is 110 Å². The molecule has 2 saturated carbocycles. The second-order valence-corrected chi connectivity index (χ2v) is 16.6. The minimum atomic E-state index is -1.82. The van der Waals surface area contributed by atoms with Crippen molar-refractivity contribution in [2.75, 3.05) is 0 Å². The van der Waals surface area contributed by atoms with Crippen LogP contribution in [0.1, 0.15) is 78.6 Å². The fourth-order valence-corrected chi connectivity index (χ4v) is 7.32. The normalized spacial score (nSPS) is 31.6. The highest BCUT2D eigenvalue weighted by atomic mass is 28.3. The van der Waals surface area contributed by atoms with Crippen LogP contribution in [-0.4, -0.2) is 37.0 Å². The first-order chi connectivity index (χ1) is 14.1. The van der Waals surface area contributed by atoms with Crippen LogP contribution in [-0.2, 0) is 9.53 Å². The maximum Gasteiger partial charge on any atom is 0.414 e. The molecule has 1 aliphatic heterocycles. The number of Topliss-reactive ketones (excluding diaryl/α,β-unsaturated/α-hetero) is 1. The smallest absolute Gasteiger partial charge is 0.414 e. The fourth-order valence-electron chi connectivity index (χ4n) is 5.86. The van der Waals surface area contributed by atoms with Crippen LogP contribution in [0.2, 0.25) is 19.6 Å². The zero-order valence-corrected chi connectivity index (χ0v) is 21.1. The molecule has 1 amide bonds. The van der Waals surface area contributed by atoms with Gasteiger partial charge in [-0.3, -0.25) is 9.69 Å². The first-order valence-electron chi connectivity index (χ1n) is 12.3. The SMILES string of the molecule is CC(C)[C@@H]1CC[C@@H](C)C[C@H]1OC(=O)N1C=C([Si](C)(C)C)C(=O)C[C@@H]1C1CCCCC1. The van der Waals surface area contributed by atoms with E-state index in [2.05, 4.69) is 40.4 Å². The summed E-state index contributed by atoms with van der Waals surface area (Å²) in [6.45, 7) is 13.3. The molecular formula is C25H43NO3Si. The lowest BCUT2D eigenvalue weighted by molar-refractivity contribution is -0.117. The number of carbonyl (C=O) groups excluding carboxylic acids is 2. The van der Waals surface area contributed by atoms with Gasteiger partial charge in [0.15, 0.2) is 5.78 Å². The minimum absolute atomic E-state index is 0.00499. The van der Waals surface area contributed by atoms with E-state index < -0.39 is 8.07 Å². The van der Waals surface area contributed by atoms with Gasteiger partial charge in [0.2, 0.25) is 0 Å². The third-order valence-electron chi connectivity index (χ3n) is 7.75. The van der Waals surface area contributed by atoms with Crippen molar-refractivity contribution < 1.29 is 14.3 Å². The van der Waals surface area contributed by atoms with Crippen molar-refractivity contribution in [1.82, 2.24) is 4.90 Å². The molecule has 0 unspecified atom stereocenters. The largest absolute Gasteiger partial charge is 0.446 e. The van der Waals surface area contributed by atoms with Gasteiger partial charge in [-0.2, -0.15) is 0 Å². The van der Waals surface area contributed by atoms with E-state index in [0.29, 0.717) is 30.1 Å². The van der Waals surface area contributed by atoms with E-state index in [4.69, 9.17) is 4.74 Å². The lowest BCUT2D eigenvalue weighted by atomic mass is 9.75. The molecule has 0 saturated heterocycles. The van der Waals surface area contributed by atoms with Crippen LogP contribution < -0.4 is 0 Å². The molecule has 0 aromatic rings. The summed E-state index contributed by atoms with van der Waals surface area (Å²) >= 11 is 0. The number of carbonyl (C=O) groups is 2. The number of ether oxygens (including phenoxy) is 1. The summed E-state index contributed by atoms with van der Waals surface area (Å²) in [4.78, 5) is 28.4. The molecule has 0 bridgehead atoms. The fraction of sp³-hybridized carbons (Fsp3) is 0.840. The Bertz CT molecular complexity index is 660. The Morgan fingerprint density at radius 3 is 2.37 bits per heavy atom. The van der Waals surface area contributed by atoms with Crippen LogP contribution >= 0.6 is 0 Å². The topological polar surface area (TPSA) is 46.6 Å². The van der Waals surface area contributed by atoms with Gasteiger partial charge in [-0.1, -0.05) is 66.1 Å². The van der Waals surface area contributed by atoms with Crippen LogP contribution in [0, 0.1) is 23.7 Å². The molecule has 0 aromatic heterocycles. The van der Waals surface area contributed by atoms with Gasteiger partial charge in [-0.05, 0) is 54.6 Å². The van der Waals surface area contributed by atoms with Crippen molar-refractivity contribution >= 4 is 20.0 Å². The summed E-state index contributed by atoms with van der Waals surface area (Å²) in [6, 6.07) is -0.0242. The maximum absolute atomic E-state index is 13.5. The molecule has 170 valence electrons. The standard InChI is InChI=1S/C25H43NO3Si/c1-17(2)20-13-12-18(3)14-23(20)29-25(28)26-16-24(30(4,5)6)22(27)15-21(26)19-10-8-7-9-11-19/h16-21,23H,7-15H2,1-6H3/t18-,20+,21-,23-/m1/s1. The molecule has 4 nitrogen and oxygen atoms in total. The zero-order chi connectivity index (χ0) is 22.1. The van der Waals surface area contributed by atoms with E-state index in [1.54, 1.807) is 0 Å². The summed E-state index contributed by atoms with van der Waals surface area (Å²) in [6.07, 6.45) is 11.4. The van der Waals surface area contributed by atoms with Gasteiger partial charge in [0, 0.05) is 18.7 Å². The Hall–Kier alpha value is -1.10. The van der Waals surface area contributed by atoms with E-state index in [1.807, 2.05) is 11.1 Å². The summed E-state index contributed by atoms with van der Waals surface area (Å²) in [7, 11) is -1.82. The van der Waals surface area contributed by atoms with Crippen molar-refractivity contribution in [3.05, 3.63) is 11.4 Å². The predicted molar refractivity (Wildman–Crippen MR) is 125 cm³/mol. The molecule has 30 heavy (non-hydrogen) atoms. The maximum atomic E-state index is 13.5. The van der Waals surface area contributed by atoms with Gasteiger partial charge in [0.05, 0.1) is 8.07 Å². The van der Waals surface area contributed by atoms with Crippen molar-refractivity contribution in [3.63, 3.8) is 0 Å². The third kappa shape index (κ3) is 5.38. The Kier molecular flexibility index (Phi) is 7.52. The van der Waals surface area contributed by atoms with E-state index in [9.17, 15) is 9.59 Å². The molecule has 3 aliphatic rings. The monoisotopic (exact) mass is 433 g/mol. The molecule has 0 N–H and O–H groups in total. The quantitative estimate of drug-likeness (QED) is 0.471. The van der Waals surface area contributed by atoms with Gasteiger partial charge in [-0.25, -0.2) is 4.79 Å². The molecule has 0 spiro atoms. The molecule has 5 heteroatoms. The number of nitrogens with zero attached hydrogens (tertiary/aromatic N) is 1. The summed E-state index contributed by atoms with van der Waals surface area (Å²) < 4.78 is 6.24.